The molecule has 17 heavy (non-hydrogen) atoms. The maximum absolute atomic E-state index is 10.9. The fourth-order valence-corrected chi connectivity index (χ4v) is 1.50. The summed E-state index contributed by atoms with van der Waals surface area (Å²) in [6.45, 7) is 0. The zero-order valence-electron chi connectivity index (χ0n) is 8.70. The number of rotatable bonds is 3. The molecule has 2 heterocycles. The Hall–Kier alpha value is -2.28. The fraction of sp³-hybridized carbons (Fsp3) is 0. The van der Waals surface area contributed by atoms with Gasteiger partial charge in [-0.05, 0) is 12.1 Å². The van der Waals surface area contributed by atoms with Crippen molar-refractivity contribution in [2.45, 2.75) is 0 Å². The number of amides is 1. The molecule has 0 aliphatic carbocycles. The van der Waals surface area contributed by atoms with E-state index in [0.29, 0.717) is 17.2 Å². The van der Waals surface area contributed by atoms with Crippen LogP contribution in [-0.4, -0.2) is 25.4 Å². The van der Waals surface area contributed by atoms with E-state index in [-0.39, 0.29) is 4.99 Å². The van der Waals surface area contributed by atoms with Gasteiger partial charge in [-0.3, -0.25) is 9.36 Å². The van der Waals surface area contributed by atoms with Gasteiger partial charge >= 0.3 is 0 Å². The van der Waals surface area contributed by atoms with Crippen molar-refractivity contribution in [3.63, 3.8) is 0 Å². The third-order valence-corrected chi connectivity index (χ3v) is 2.32. The summed E-state index contributed by atoms with van der Waals surface area (Å²) in [5.41, 5.74) is 11.0. The Kier molecular flexibility index (Phi) is 2.84. The summed E-state index contributed by atoms with van der Waals surface area (Å²) in [6, 6.07) is 3.22. The van der Waals surface area contributed by atoms with Crippen LogP contribution >= 0.6 is 12.2 Å². The van der Waals surface area contributed by atoms with Gasteiger partial charge in [0.2, 0.25) is 5.91 Å². The number of primary amides is 1. The summed E-state index contributed by atoms with van der Waals surface area (Å²) in [4.78, 5) is 19.2. The largest absolute Gasteiger partial charge is 0.387 e. The van der Waals surface area contributed by atoms with E-state index in [9.17, 15) is 4.79 Å². The minimum absolute atomic E-state index is 0.177. The van der Waals surface area contributed by atoms with E-state index in [4.69, 9.17) is 23.7 Å². The first kappa shape index (κ1) is 11.2. The molecule has 0 spiro atoms. The molecule has 0 unspecified atom stereocenters. The molecular weight excluding hydrogens is 238 g/mol. The average Bonchev–Trinajstić information content (AvgIpc) is 2.78. The third kappa shape index (κ3) is 2.13. The molecular formula is C10H9N5OS. The molecule has 7 heteroatoms. The molecule has 0 fully saturated rings. The highest BCUT2D eigenvalue weighted by molar-refractivity contribution is 7.80. The maximum atomic E-state index is 10.9. The van der Waals surface area contributed by atoms with Crippen molar-refractivity contribution in [2.75, 3.05) is 0 Å². The van der Waals surface area contributed by atoms with Gasteiger partial charge in [-0.2, -0.15) is 0 Å². The van der Waals surface area contributed by atoms with Crippen molar-refractivity contribution in [3.05, 3.63) is 42.1 Å². The number of nitrogens with zero attached hydrogens (tertiary/aromatic N) is 3. The van der Waals surface area contributed by atoms with Gasteiger partial charge in [0, 0.05) is 18.6 Å². The molecule has 0 saturated carbocycles. The number of nitrogens with two attached hydrogens (primary N) is 2. The number of aromatic nitrogens is 3. The first-order chi connectivity index (χ1) is 8.09. The van der Waals surface area contributed by atoms with Crippen molar-refractivity contribution in [2.24, 2.45) is 11.5 Å². The van der Waals surface area contributed by atoms with Crippen LogP contribution in [0.4, 0.5) is 0 Å². The van der Waals surface area contributed by atoms with Crippen LogP contribution in [-0.2, 0) is 0 Å². The van der Waals surface area contributed by atoms with Crippen molar-refractivity contribution in [1.29, 1.82) is 0 Å². The Labute approximate surface area is 102 Å². The molecule has 0 aliphatic heterocycles. The van der Waals surface area contributed by atoms with Gasteiger partial charge in [-0.1, -0.05) is 12.2 Å². The van der Waals surface area contributed by atoms with Crippen LogP contribution < -0.4 is 11.5 Å². The predicted molar refractivity (Wildman–Crippen MR) is 65.8 cm³/mol. The topological polar surface area (TPSA) is 99.8 Å². The van der Waals surface area contributed by atoms with E-state index in [0.717, 1.165) is 0 Å². The third-order valence-electron chi connectivity index (χ3n) is 2.14. The highest BCUT2D eigenvalue weighted by atomic mass is 32.1. The smallest absolute Gasteiger partial charge is 0.250 e. The fourth-order valence-electron chi connectivity index (χ4n) is 1.34. The lowest BCUT2D eigenvalue weighted by Crippen LogP contribution is -2.17. The lowest BCUT2D eigenvalue weighted by molar-refractivity contribution is 0.1000. The normalized spacial score (nSPS) is 10.1. The number of carbonyl (C=O) groups is 1. The van der Waals surface area contributed by atoms with Crippen LogP contribution in [0.3, 0.4) is 0 Å². The summed E-state index contributed by atoms with van der Waals surface area (Å²) < 4.78 is 1.63. The molecule has 2 aromatic heterocycles. The first-order valence-corrected chi connectivity index (χ1v) is 5.10. The average molecular weight is 247 g/mol. The van der Waals surface area contributed by atoms with Crippen LogP contribution in [0.1, 0.15) is 16.2 Å². The molecule has 6 nitrogen and oxygen atoms in total. The predicted octanol–water partition coefficient (Wildman–Crippen LogP) is 0.000400. The first-order valence-electron chi connectivity index (χ1n) is 4.69. The van der Waals surface area contributed by atoms with Gasteiger partial charge in [-0.15, -0.1) is 0 Å². The molecule has 0 aliphatic rings. The molecule has 2 rings (SSSR count). The van der Waals surface area contributed by atoms with Gasteiger partial charge in [0.25, 0.3) is 0 Å². The highest BCUT2D eigenvalue weighted by Crippen LogP contribution is 2.08. The van der Waals surface area contributed by atoms with E-state index in [1.54, 1.807) is 29.1 Å². The molecule has 0 bridgehead atoms. The van der Waals surface area contributed by atoms with Gasteiger partial charge in [0.05, 0.1) is 5.56 Å². The standard InChI is InChI=1S/C10H9N5OS/c11-8(16)6-1-2-7(14-5-6)15-4-3-13-10(15)9(12)17/h1-5H,(H2,11,16)(H2,12,17). The molecule has 2 aromatic rings. The van der Waals surface area contributed by atoms with Gasteiger partial charge < -0.3 is 11.5 Å². The van der Waals surface area contributed by atoms with E-state index < -0.39 is 5.91 Å². The van der Waals surface area contributed by atoms with Crippen LogP contribution in [0, 0.1) is 0 Å². The lowest BCUT2D eigenvalue weighted by Gasteiger charge is -2.05. The van der Waals surface area contributed by atoms with Crippen LogP contribution in [0.15, 0.2) is 30.7 Å². The zero-order valence-corrected chi connectivity index (χ0v) is 9.52. The second-order valence-electron chi connectivity index (χ2n) is 3.25. The Morgan fingerprint density at radius 2 is 2.06 bits per heavy atom. The van der Waals surface area contributed by atoms with Crippen LogP contribution in [0.2, 0.25) is 0 Å². The summed E-state index contributed by atoms with van der Waals surface area (Å²) in [5, 5.41) is 0. The molecule has 4 N–H and O–H groups in total. The number of carbonyl (C=O) groups excluding carboxylic acids is 1. The summed E-state index contributed by atoms with van der Waals surface area (Å²) >= 11 is 4.86. The number of hydrogen-bond donors (Lipinski definition) is 2. The Morgan fingerprint density at radius 1 is 1.29 bits per heavy atom. The monoisotopic (exact) mass is 247 g/mol. The SMILES string of the molecule is NC(=O)c1ccc(-n2ccnc2C(N)=S)nc1. The van der Waals surface area contributed by atoms with Crippen LogP contribution in [0.5, 0.6) is 0 Å². The molecule has 0 aromatic carbocycles. The lowest BCUT2D eigenvalue weighted by atomic mass is 10.3. The van der Waals surface area contributed by atoms with E-state index >= 15 is 0 Å². The van der Waals surface area contributed by atoms with Crippen molar-refractivity contribution in [3.8, 4) is 5.82 Å². The minimum Gasteiger partial charge on any atom is -0.387 e. The summed E-state index contributed by atoms with van der Waals surface area (Å²) in [7, 11) is 0. The van der Waals surface area contributed by atoms with Gasteiger partial charge in [0.1, 0.15) is 10.8 Å². The number of hydrogen-bond acceptors (Lipinski definition) is 4. The zero-order chi connectivity index (χ0) is 12.4. The van der Waals surface area contributed by atoms with Crippen molar-refractivity contribution < 1.29 is 4.79 Å². The van der Waals surface area contributed by atoms with E-state index in [1.807, 2.05) is 0 Å². The van der Waals surface area contributed by atoms with Gasteiger partial charge in [-0.25, -0.2) is 9.97 Å². The second-order valence-corrected chi connectivity index (χ2v) is 3.69. The summed E-state index contributed by atoms with van der Waals surface area (Å²) in [6.07, 6.45) is 4.64. The molecule has 0 radical (unpaired) electrons. The molecule has 1 amide bonds. The minimum atomic E-state index is -0.524. The van der Waals surface area contributed by atoms with E-state index in [1.165, 1.54) is 6.20 Å². The van der Waals surface area contributed by atoms with Crippen molar-refractivity contribution in [1.82, 2.24) is 14.5 Å². The highest BCUT2D eigenvalue weighted by Gasteiger charge is 2.09. The summed E-state index contributed by atoms with van der Waals surface area (Å²) in [5.74, 6) is 0.485. The quantitative estimate of drug-likeness (QED) is 0.744. The van der Waals surface area contributed by atoms with Crippen molar-refractivity contribution >= 4 is 23.1 Å². The second kappa shape index (κ2) is 4.30. The van der Waals surface area contributed by atoms with E-state index in [2.05, 4.69) is 9.97 Å². The molecule has 0 atom stereocenters. The Balaban J connectivity index is 2.43. The van der Waals surface area contributed by atoms with Gasteiger partial charge in [0.15, 0.2) is 5.82 Å². The number of pyridine rings is 1. The maximum Gasteiger partial charge on any atom is 0.250 e. The Bertz CT molecular complexity index is 575. The molecule has 86 valence electrons. The van der Waals surface area contributed by atoms with Crippen LogP contribution in [0.25, 0.3) is 5.82 Å². The number of thiocarbonyl (C=S) groups is 1. The molecule has 0 saturated heterocycles. The Morgan fingerprint density at radius 3 is 2.59 bits per heavy atom. The number of imidazole rings is 1.